The van der Waals surface area contributed by atoms with Crippen LogP contribution in [0.2, 0.25) is 0 Å². The molecule has 6 atom stereocenters. The molecule has 5 N–H and O–H groups in total. The number of esters is 1. The van der Waals surface area contributed by atoms with Gasteiger partial charge in [0.15, 0.2) is 0 Å². The number of aromatic nitrogens is 7. The minimum atomic E-state index is -1.25. The minimum Gasteiger partial charge on any atom is -0.493 e. The average Bonchev–Trinajstić information content (AvgIpc) is 4.16. The number of nitrogens with two attached hydrogens (primary N) is 2. The Hall–Kier alpha value is -7.76. The number of carbonyl (C=O) groups excluding carboxylic acids is 3. The molecule has 0 bridgehead atoms. The van der Waals surface area contributed by atoms with Crippen molar-refractivity contribution in [1.29, 1.82) is 0 Å². The molecule has 0 spiro atoms. The first-order valence-corrected chi connectivity index (χ1v) is 24.8. The quantitative estimate of drug-likeness (QED) is 0.0673. The van der Waals surface area contributed by atoms with E-state index in [2.05, 4.69) is 25.0 Å². The number of hydrogen-bond acceptors (Lipinski definition) is 15. The lowest BCUT2D eigenvalue weighted by atomic mass is 9.87. The number of aliphatic hydroxyl groups excluding tert-OH is 1. The topological polar surface area (TPSA) is 245 Å². The van der Waals surface area contributed by atoms with Crippen LogP contribution < -0.4 is 41.2 Å². The van der Waals surface area contributed by atoms with Gasteiger partial charge < -0.3 is 45.3 Å². The molecule has 3 aromatic carbocycles. The smallest absolute Gasteiger partial charge is 0.418 e. The van der Waals surface area contributed by atoms with Crippen LogP contribution in [-0.2, 0) is 42.6 Å². The summed E-state index contributed by atoms with van der Waals surface area (Å²) in [5.74, 6) is -2.17. The van der Waals surface area contributed by atoms with Gasteiger partial charge in [-0.3, -0.25) is 14.5 Å². The number of piperazine rings is 1. The zero-order valence-electron chi connectivity index (χ0n) is 42.3. The van der Waals surface area contributed by atoms with Crippen LogP contribution in [0, 0.1) is 17.6 Å². The summed E-state index contributed by atoms with van der Waals surface area (Å²) in [6, 6.07) is 20.9. The summed E-state index contributed by atoms with van der Waals surface area (Å²) >= 11 is 0. The molecule has 2 fully saturated rings. The van der Waals surface area contributed by atoms with Gasteiger partial charge in [-0.05, 0) is 86.8 Å². The summed E-state index contributed by atoms with van der Waals surface area (Å²) in [6.07, 6.45) is 4.46. The van der Waals surface area contributed by atoms with E-state index < -0.39 is 59.6 Å². The summed E-state index contributed by atoms with van der Waals surface area (Å²) in [7, 11) is 1.45. The fraction of sp³-hybridized carbons (Fsp3) is 0.423. The maximum atomic E-state index is 15.6. The van der Waals surface area contributed by atoms with Crippen molar-refractivity contribution in [3.63, 3.8) is 0 Å². The van der Waals surface area contributed by atoms with Crippen LogP contribution in [0.5, 0.6) is 5.75 Å². The number of halogens is 2. The van der Waals surface area contributed by atoms with Gasteiger partial charge in [-0.25, -0.2) is 32.6 Å². The highest BCUT2D eigenvalue weighted by Gasteiger charge is 2.46. The highest BCUT2D eigenvalue weighted by atomic mass is 19.1. The van der Waals surface area contributed by atoms with Crippen LogP contribution in [0.25, 0.3) is 5.69 Å². The van der Waals surface area contributed by atoms with Crippen molar-refractivity contribution >= 4 is 35.2 Å². The molecule has 398 valence electrons. The maximum absolute atomic E-state index is 15.6. The number of aliphatic hydroxyl groups is 1. The zero-order chi connectivity index (χ0) is 53.4. The van der Waals surface area contributed by atoms with Crippen LogP contribution in [-0.4, -0.2) is 111 Å². The third-order valence-electron chi connectivity index (χ3n) is 13.6. The number of anilines is 3. The van der Waals surface area contributed by atoms with E-state index in [9.17, 15) is 28.7 Å². The zero-order valence-corrected chi connectivity index (χ0v) is 42.3. The largest absolute Gasteiger partial charge is 0.493 e. The minimum absolute atomic E-state index is 0.0214. The van der Waals surface area contributed by atoms with Crippen LogP contribution in [0.15, 0.2) is 109 Å². The Balaban J connectivity index is 0.842. The first kappa shape index (κ1) is 53.5. The molecule has 2 saturated heterocycles. The second-order valence-electron chi connectivity index (χ2n) is 18.9. The van der Waals surface area contributed by atoms with Gasteiger partial charge in [0.25, 0.3) is 6.33 Å². The summed E-state index contributed by atoms with van der Waals surface area (Å²) in [5.41, 5.74) is 12.8. The van der Waals surface area contributed by atoms with Crippen LogP contribution >= 0.6 is 0 Å². The number of benzene rings is 3. The van der Waals surface area contributed by atoms with Gasteiger partial charge in [0.1, 0.15) is 54.3 Å². The summed E-state index contributed by atoms with van der Waals surface area (Å²) in [6.45, 7) is 8.64. The van der Waals surface area contributed by atoms with E-state index in [1.165, 1.54) is 52.0 Å². The van der Waals surface area contributed by atoms with E-state index in [-0.39, 0.29) is 62.2 Å². The normalized spacial score (nSPS) is 18.3. The number of carbonyl (C=O) groups is 3. The molecule has 0 saturated carbocycles. The molecule has 75 heavy (non-hydrogen) atoms. The van der Waals surface area contributed by atoms with Gasteiger partial charge in [0.05, 0.1) is 31.0 Å². The van der Waals surface area contributed by atoms with Crippen molar-refractivity contribution in [3.8, 4) is 11.4 Å². The van der Waals surface area contributed by atoms with E-state index in [1.54, 1.807) is 36.9 Å². The number of amides is 2. The molecule has 5 heterocycles. The Morgan fingerprint density at radius 2 is 1.65 bits per heavy atom. The molecular formula is C52H63F2N12O9+. The second kappa shape index (κ2) is 23.6. The molecule has 0 aliphatic carbocycles. The second-order valence-corrected chi connectivity index (χ2v) is 18.9. The van der Waals surface area contributed by atoms with Gasteiger partial charge in [0, 0.05) is 92.4 Å². The molecular weight excluding hydrogens is 975 g/mol. The monoisotopic (exact) mass is 1040 g/mol. The Kier molecular flexibility index (Phi) is 16.9. The molecule has 2 aliphatic heterocycles. The van der Waals surface area contributed by atoms with Crippen molar-refractivity contribution in [2.45, 2.75) is 89.6 Å². The Labute approximate surface area is 431 Å². The average molecular weight is 1040 g/mol. The molecule has 23 heteroatoms. The maximum Gasteiger partial charge on any atom is 0.418 e. The molecule has 1 unspecified atom stereocenters. The van der Waals surface area contributed by atoms with Crippen molar-refractivity contribution in [2.24, 2.45) is 17.4 Å². The number of ether oxygens (including phenoxy) is 4. The van der Waals surface area contributed by atoms with Gasteiger partial charge in [-0.2, -0.15) is 9.67 Å². The van der Waals surface area contributed by atoms with Crippen molar-refractivity contribution in [1.82, 2.24) is 29.1 Å². The summed E-state index contributed by atoms with van der Waals surface area (Å²) in [4.78, 5) is 60.1. The first-order valence-electron chi connectivity index (χ1n) is 24.8. The number of nitrogens with zero attached hydrogens (tertiary/aromatic N) is 10. The number of pyridine rings is 1. The predicted octanol–water partition coefficient (Wildman–Crippen LogP) is 4.29. The lowest BCUT2D eigenvalue weighted by Crippen LogP contribution is -2.46. The molecule has 8 rings (SSSR count). The van der Waals surface area contributed by atoms with Gasteiger partial charge in [-0.15, -0.1) is 4.68 Å². The highest BCUT2D eigenvalue weighted by Crippen LogP contribution is 2.42. The fourth-order valence-corrected chi connectivity index (χ4v) is 9.42. The molecule has 21 nitrogen and oxygen atoms in total. The Morgan fingerprint density at radius 3 is 2.31 bits per heavy atom. The standard InChI is InChI=1S/C52H62F2N12O9/c1-5-46(34(2)67)66-50(70)65(32-59-66)41-11-9-39(10-12-41)61-21-23-62(24-22-61)40-13-15-42(16-14-40)72-27-36-26-52(74-28-36,43-17-8-38(53)25-44(43)54)30-64-33-63(31-58-64)35(3)75-51(71)60(4)48-37(7-6-20-57-48)29-73-49(69)45(55)18-19-47(56)68/h6-17,20,25,31-36,45-46,67H,5,18-19,21-24,26-30,55H2,1-4H3,(H-,56,68)/p+1/t34-,35?,36+,45-,46-,52-/m0/s1. The van der Waals surface area contributed by atoms with Gasteiger partial charge >= 0.3 is 17.8 Å². The van der Waals surface area contributed by atoms with E-state index in [0.29, 0.717) is 29.8 Å². The highest BCUT2D eigenvalue weighted by molar-refractivity contribution is 5.86. The molecule has 3 aromatic heterocycles. The van der Waals surface area contributed by atoms with Crippen LogP contribution in [0.3, 0.4) is 0 Å². The molecule has 6 aromatic rings. The predicted molar refractivity (Wildman–Crippen MR) is 270 cm³/mol. The van der Waals surface area contributed by atoms with Crippen molar-refractivity contribution in [2.75, 3.05) is 61.1 Å². The fourth-order valence-electron chi connectivity index (χ4n) is 9.42. The first-order chi connectivity index (χ1) is 36.0. The molecule has 0 radical (unpaired) electrons. The molecule has 2 aliphatic rings. The Morgan fingerprint density at radius 1 is 0.973 bits per heavy atom. The summed E-state index contributed by atoms with van der Waals surface area (Å²) < 4.78 is 59.6. The number of rotatable bonds is 21. The van der Waals surface area contributed by atoms with Gasteiger partial charge in [0.2, 0.25) is 18.5 Å². The van der Waals surface area contributed by atoms with E-state index in [4.69, 9.17) is 30.4 Å². The third kappa shape index (κ3) is 12.6. The van der Waals surface area contributed by atoms with E-state index in [1.807, 2.05) is 55.5 Å². The lowest BCUT2D eigenvalue weighted by Gasteiger charge is -2.37. The summed E-state index contributed by atoms with van der Waals surface area (Å²) in [5, 5.41) is 18.9. The number of primary amides is 1. The van der Waals surface area contributed by atoms with Crippen molar-refractivity contribution in [3.05, 3.63) is 137 Å². The van der Waals surface area contributed by atoms with Gasteiger partial charge in [-0.1, -0.05) is 19.1 Å². The Bertz CT molecular complexity index is 2980. The number of hydrogen-bond donors (Lipinski definition) is 3. The van der Waals surface area contributed by atoms with Crippen LogP contribution in [0.1, 0.15) is 69.9 Å². The SMILES string of the molecule is CC[C@@H]([C@H](C)O)n1ncn(-c2ccc(N3CCN(c4ccc(OC[C@@H]5CO[C@@](Cn6c[n+](C(C)OC(=O)N(C)c7ncccc7COC(=O)[C@@H](N)CCC(N)=O)cn6)(c6ccc(F)cc6F)C5)cc4)CC3)cc2)c1=O. The third-order valence-corrected chi connectivity index (χ3v) is 13.6. The van der Waals surface area contributed by atoms with E-state index >= 15 is 4.39 Å². The van der Waals surface area contributed by atoms with Crippen molar-refractivity contribution < 1.29 is 51.8 Å². The van der Waals surface area contributed by atoms with E-state index in [0.717, 1.165) is 48.5 Å². The molecule has 2 amide bonds. The lowest BCUT2D eigenvalue weighted by molar-refractivity contribution is -0.753. The van der Waals surface area contributed by atoms with Crippen LogP contribution in [0.4, 0.5) is 30.8 Å².